The fourth-order valence-electron chi connectivity index (χ4n) is 6.96. The van der Waals surface area contributed by atoms with E-state index in [-0.39, 0.29) is 19.0 Å². The van der Waals surface area contributed by atoms with Gasteiger partial charge in [0.15, 0.2) is 11.4 Å². The minimum Gasteiger partial charge on any atom is -0.486 e. The van der Waals surface area contributed by atoms with E-state index in [1.165, 1.54) is 114 Å². The van der Waals surface area contributed by atoms with Gasteiger partial charge < -0.3 is 35.1 Å². The first kappa shape index (κ1) is 44.8. The molecule has 3 heterocycles. The number of unbranched alkanes of at least 4 members (excludes halogenated alkanes) is 15. The van der Waals surface area contributed by atoms with E-state index in [2.05, 4.69) is 22.0 Å². The van der Waals surface area contributed by atoms with E-state index >= 15 is 0 Å². The van der Waals surface area contributed by atoms with Gasteiger partial charge in [0.1, 0.15) is 42.0 Å². The van der Waals surface area contributed by atoms with Gasteiger partial charge in [0.2, 0.25) is 0 Å². The maximum Gasteiger partial charge on any atom is 0.472 e. The second-order valence-electron chi connectivity index (χ2n) is 14.4. The summed E-state index contributed by atoms with van der Waals surface area (Å²) in [7, 11) is -3.19. The predicted octanol–water partition coefficient (Wildman–Crippen LogP) is 7.19. The predicted molar refractivity (Wildman–Crippen MR) is 213 cm³/mol. The van der Waals surface area contributed by atoms with Gasteiger partial charge in [-0.05, 0) is 30.7 Å². The molecule has 1 aliphatic heterocycles. The van der Waals surface area contributed by atoms with Crippen LogP contribution in [0.15, 0.2) is 53.8 Å². The van der Waals surface area contributed by atoms with E-state index in [0.717, 1.165) is 12.8 Å². The molecule has 0 aliphatic carbocycles. The zero-order chi connectivity index (χ0) is 39.4. The summed E-state index contributed by atoms with van der Waals surface area (Å²) in [6.45, 7) is 2.06. The van der Waals surface area contributed by atoms with Gasteiger partial charge in [-0.2, -0.15) is 5.10 Å². The number of nitrogens with two attached hydrogens (primary N) is 1. The molecule has 1 aromatic carbocycles. The minimum absolute atomic E-state index is 0.141. The number of aromatic nitrogens is 3. The summed E-state index contributed by atoms with van der Waals surface area (Å²) in [6, 6.07) is 12.3. The molecule has 1 unspecified atom stereocenters. The fraction of sp³-hybridized carbons (Fsp3) is 0.675. The van der Waals surface area contributed by atoms with Crippen molar-refractivity contribution in [2.75, 3.05) is 39.2 Å². The number of nitrogen functional groups attached to an aromatic ring is 1. The summed E-state index contributed by atoms with van der Waals surface area (Å²) in [5.74, 6) is 0.766. The summed E-state index contributed by atoms with van der Waals surface area (Å²) >= 11 is 0. The van der Waals surface area contributed by atoms with Gasteiger partial charge in [0.05, 0.1) is 25.5 Å². The molecular weight excluding hydrogens is 725 g/mol. The number of phosphoric ester groups is 1. The molecule has 1 saturated heterocycles. The summed E-state index contributed by atoms with van der Waals surface area (Å²) in [5.41, 5.74) is 5.09. The van der Waals surface area contributed by atoms with Crippen LogP contribution in [0.4, 0.5) is 5.82 Å². The van der Waals surface area contributed by atoms with Crippen LogP contribution < -0.4 is 10.5 Å². The molecule has 4 rings (SSSR count). The number of aliphatic hydroxyl groups is 2. The monoisotopic (exact) mass is 789 g/mol. The normalized spacial score (nSPS) is 21.7. The van der Waals surface area contributed by atoms with E-state index in [0.29, 0.717) is 23.6 Å². The van der Waals surface area contributed by atoms with E-state index in [1.54, 1.807) is 24.3 Å². The van der Waals surface area contributed by atoms with Crippen molar-refractivity contribution >= 4 is 25.4 Å². The molecule has 0 amide bonds. The Hall–Kier alpha value is -2.94. The van der Waals surface area contributed by atoms with Crippen molar-refractivity contribution in [3.8, 4) is 5.75 Å². The van der Waals surface area contributed by atoms with Crippen molar-refractivity contribution in [3.05, 3.63) is 54.5 Å². The third-order valence-electron chi connectivity index (χ3n) is 10.0. The SMILES string of the molecule is CCCCCCCCCCCCCCCCCCOC[C@H](COP(=O)(O)OC[C@H]1O[C@@](C=NC)(c2ccc3c(N)ncnn23)[C@H](O)[C@@H]1O)Oc1ccccc1. The zero-order valence-electron chi connectivity index (χ0n) is 32.8. The maximum absolute atomic E-state index is 13.0. The number of rotatable bonds is 29. The van der Waals surface area contributed by atoms with Crippen molar-refractivity contribution in [1.82, 2.24) is 14.6 Å². The van der Waals surface area contributed by atoms with E-state index < -0.39 is 44.4 Å². The molecule has 1 fully saturated rings. The summed E-state index contributed by atoms with van der Waals surface area (Å²) < 4.78 is 43.1. The van der Waals surface area contributed by atoms with Crippen molar-refractivity contribution in [3.63, 3.8) is 0 Å². The molecule has 2 aromatic heterocycles. The maximum atomic E-state index is 13.0. The Labute approximate surface area is 326 Å². The van der Waals surface area contributed by atoms with Crippen LogP contribution in [-0.2, 0) is 28.7 Å². The molecular formula is C40H64N5O9P. The first-order valence-corrected chi connectivity index (χ1v) is 21.7. The molecule has 1 aliphatic rings. The molecule has 15 heteroatoms. The Morgan fingerprint density at radius 3 is 2.15 bits per heavy atom. The second-order valence-corrected chi connectivity index (χ2v) is 15.9. The standard InChI is InChI=1S/C40H64N5O9P/c1-3-4-5-6-7-8-9-10-11-12-13-14-15-16-17-21-26-50-27-33(53-32-22-19-18-20-23-32)28-51-55(48,49)52-29-35-37(46)38(47)40(54-35,30-42-2)36-25-24-34-39(41)43-31-44-45(34)36/h18-20,22-25,30-31,33,35,37-38,46-47H,3-17,21,26-29H2,1-2H3,(H,48,49)(H2,41,43,44)/t33-,35-,37-,38-,40+/m1/s1. The number of aliphatic imine (C=N–C) groups is 1. The quantitative estimate of drug-likeness (QED) is 0.0315. The van der Waals surface area contributed by atoms with Crippen molar-refractivity contribution in [2.45, 2.75) is 140 Å². The Balaban J connectivity index is 1.16. The van der Waals surface area contributed by atoms with Crippen LogP contribution in [0.2, 0.25) is 0 Å². The van der Waals surface area contributed by atoms with Gasteiger partial charge in [0.25, 0.3) is 0 Å². The minimum atomic E-state index is -4.68. The van der Waals surface area contributed by atoms with Crippen molar-refractivity contribution < 1.29 is 42.9 Å². The topological polar surface area (TPSA) is 192 Å². The lowest BCUT2D eigenvalue weighted by Crippen LogP contribution is -2.43. The fourth-order valence-corrected chi connectivity index (χ4v) is 7.73. The van der Waals surface area contributed by atoms with Crippen molar-refractivity contribution in [1.29, 1.82) is 0 Å². The largest absolute Gasteiger partial charge is 0.486 e. The van der Waals surface area contributed by atoms with Crippen LogP contribution in [0.25, 0.3) is 5.52 Å². The van der Waals surface area contributed by atoms with Crippen LogP contribution in [0.5, 0.6) is 5.75 Å². The highest BCUT2D eigenvalue weighted by Gasteiger charge is 2.56. The molecule has 5 N–H and O–H groups in total. The smallest absolute Gasteiger partial charge is 0.472 e. The zero-order valence-corrected chi connectivity index (χ0v) is 33.6. The summed E-state index contributed by atoms with van der Waals surface area (Å²) in [4.78, 5) is 18.6. The lowest BCUT2D eigenvalue weighted by molar-refractivity contribution is -0.0551. The molecule has 0 bridgehead atoms. The van der Waals surface area contributed by atoms with Crippen LogP contribution in [-0.4, -0.2) is 93.8 Å². The van der Waals surface area contributed by atoms with Gasteiger partial charge in [-0.3, -0.25) is 14.0 Å². The van der Waals surface area contributed by atoms with Gasteiger partial charge in [-0.25, -0.2) is 14.1 Å². The van der Waals surface area contributed by atoms with Crippen LogP contribution in [0, 0.1) is 0 Å². The molecule has 55 heavy (non-hydrogen) atoms. The number of hydrogen-bond acceptors (Lipinski definition) is 12. The lowest BCUT2D eigenvalue weighted by atomic mass is 9.92. The lowest BCUT2D eigenvalue weighted by Gasteiger charge is -2.27. The Bertz CT molecular complexity index is 1580. The Kier molecular flexibility index (Phi) is 19.5. The third-order valence-corrected chi connectivity index (χ3v) is 11.0. The number of nitrogens with zero attached hydrogens (tertiary/aromatic N) is 4. The first-order chi connectivity index (χ1) is 26.7. The summed E-state index contributed by atoms with van der Waals surface area (Å²) in [5, 5.41) is 26.4. The first-order valence-electron chi connectivity index (χ1n) is 20.2. The number of ether oxygens (including phenoxy) is 3. The van der Waals surface area contributed by atoms with Crippen LogP contribution in [0.3, 0.4) is 0 Å². The van der Waals surface area contributed by atoms with E-state index in [4.69, 9.17) is 29.0 Å². The molecule has 0 radical (unpaired) electrons. The number of hydrogen-bond donors (Lipinski definition) is 4. The van der Waals surface area contributed by atoms with Crippen molar-refractivity contribution in [2.24, 2.45) is 4.99 Å². The average Bonchev–Trinajstić information content (AvgIpc) is 3.73. The number of fused-ring (bicyclic) bond motifs is 1. The number of benzene rings is 1. The van der Waals surface area contributed by atoms with E-state index in [1.807, 2.05) is 18.2 Å². The second kappa shape index (κ2) is 24.0. The molecule has 0 spiro atoms. The Morgan fingerprint density at radius 1 is 0.909 bits per heavy atom. The number of aliphatic hydroxyl groups excluding tert-OH is 2. The third kappa shape index (κ3) is 14.2. The van der Waals surface area contributed by atoms with Crippen LogP contribution >= 0.6 is 7.82 Å². The van der Waals surface area contributed by atoms with Gasteiger partial charge >= 0.3 is 7.82 Å². The molecule has 6 atom stereocenters. The highest BCUT2D eigenvalue weighted by Crippen LogP contribution is 2.46. The highest BCUT2D eigenvalue weighted by atomic mass is 31.2. The molecule has 3 aromatic rings. The molecule has 308 valence electrons. The number of phosphoric acid groups is 1. The number of anilines is 1. The van der Waals surface area contributed by atoms with Gasteiger partial charge in [-0.15, -0.1) is 0 Å². The number of para-hydroxylation sites is 1. The average molecular weight is 790 g/mol. The highest BCUT2D eigenvalue weighted by molar-refractivity contribution is 7.47. The van der Waals surface area contributed by atoms with E-state index in [9.17, 15) is 19.7 Å². The van der Waals surface area contributed by atoms with Crippen LogP contribution in [0.1, 0.15) is 115 Å². The molecule has 0 saturated carbocycles. The van der Waals surface area contributed by atoms with Gasteiger partial charge in [0, 0.05) is 19.9 Å². The molecule has 14 nitrogen and oxygen atoms in total. The van der Waals surface area contributed by atoms with Gasteiger partial charge in [-0.1, -0.05) is 121 Å². The summed E-state index contributed by atoms with van der Waals surface area (Å²) in [6.07, 6.45) is 18.3. The Morgan fingerprint density at radius 2 is 1.53 bits per heavy atom.